The number of aromatic nitrogens is 3. The van der Waals surface area contributed by atoms with Crippen molar-refractivity contribution in [1.29, 1.82) is 0 Å². The molecule has 4 rings (SSSR count). The van der Waals surface area contributed by atoms with E-state index >= 15 is 0 Å². The zero-order chi connectivity index (χ0) is 14.9. The van der Waals surface area contributed by atoms with E-state index in [-0.39, 0.29) is 18.1 Å². The number of hydrogen-bond acceptors (Lipinski definition) is 5. The lowest BCUT2D eigenvalue weighted by Gasteiger charge is -2.39. The topological polar surface area (TPSA) is 73.4 Å². The maximum atomic E-state index is 12.6. The Morgan fingerprint density at radius 2 is 2.18 bits per heavy atom. The Morgan fingerprint density at radius 3 is 2.95 bits per heavy atom. The Morgan fingerprint density at radius 1 is 1.32 bits per heavy atom. The molecule has 116 valence electrons. The number of rotatable bonds is 3. The van der Waals surface area contributed by atoms with Crippen molar-refractivity contribution in [3.05, 3.63) is 36.8 Å². The Hall–Kier alpha value is -2.15. The maximum absolute atomic E-state index is 12.6. The van der Waals surface area contributed by atoms with E-state index in [2.05, 4.69) is 10.2 Å². The van der Waals surface area contributed by atoms with E-state index in [0.29, 0.717) is 24.6 Å². The first kappa shape index (κ1) is 13.5. The first-order valence-electron chi connectivity index (χ1n) is 7.60. The third-order valence-corrected chi connectivity index (χ3v) is 4.66. The summed E-state index contributed by atoms with van der Waals surface area (Å²) in [6.07, 6.45) is 8.61. The normalized spacial score (nSPS) is 27.8. The second-order valence-corrected chi connectivity index (χ2v) is 5.91. The Labute approximate surface area is 127 Å². The highest BCUT2D eigenvalue weighted by Gasteiger charge is 2.44. The predicted molar refractivity (Wildman–Crippen MR) is 76.0 cm³/mol. The molecule has 1 saturated carbocycles. The number of morpholine rings is 1. The summed E-state index contributed by atoms with van der Waals surface area (Å²) in [6, 6.07) is 1.87. The highest BCUT2D eigenvalue weighted by atomic mass is 16.5. The van der Waals surface area contributed by atoms with Gasteiger partial charge in [0.15, 0.2) is 0 Å². The van der Waals surface area contributed by atoms with Crippen LogP contribution in [0.3, 0.4) is 0 Å². The number of furan rings is 1. The van der Waals surface area contributed by atoms with Gasteiger partial charge in [-0.15, -0.1) is 10.2 Å². The summed E-state index contributed by atoms with van der Waals surface area (Å²) in [4.78, 5) is 14.6. The second kappa shape index (κ2) is 5.57. The SMILES string of the molecule is O=C(c1ccoc1)N1CCO[C@@H]2[C@@H](Cn3cnnc3)CC[C@H]21. The lowest BCUT2D eigenvalue weighted by molar-refractivity contribution is -0.0645. The van der Waals surface area contributed by atoms with E-state index in [1.165, 1.54) is 12.5 Å². The van der Waals surface area contributed by atoms with Gasteiger partial charge >= 0.3 is 0 Å². The average molecular weight is 302 g/mol. The molecule has 0 bridgehead atoms. The van der Waals surface area contributed by atoms with E-state index in [9.17, 15) is 4.79 Å². The molecule has 3 atom stereocenters. The van der Waals surface area contributed by atoms with E-state index in [1.807, 2.05) is 9.47 Å². The molecule has 0 aromatic carbocycles. The van der Waals surface area contributed by atoms with Crippen LogP contribution in [-0.2, 0) is 11.3 Å². The Kier molecular flexibility index (Phi) is 3.42. The Bertz CT molecular complexity index is 625. The minimum Gasteiger partial charge on any atom is -0.472 e. The molecule has 2 fully saturated rings. The van der Waals surface area contributed by atoms with Crippen LogP contribution in [0.4, 0.5) is 0 Å². The quantitative estimate of drug-likeness (QED) is 0.851. The second-order valence-electron chi connectivity index (χ2n) is 5.91. The molecule has 0 radical (unpaired) electrons. The summed E-state index contributed by atoms with van der Waals surface area (Å²) in [5, 5.41) is 7.68. The van der Waals surface area contributed by atoms with Crippen molar-refractivity contribution < 1.29 is 13.9 Å². The molecule has 0 spiro atoms. The van der Waals surface area contributed by atoms with Gasteiger partial charge < -0.3 is 18.6 Å². The number of carbonyl (C=O) groups excluding carboxylic acids is 1. The van der Waals surface area contributed by atoms with E-state index in [4.69, 9.17) is 9.15 Å². The standard InChI is InChI=1S/C15H18N4O3/c20-15(12-3-5-21-8-12)19-4-6-22-14-11(1-2-13(14)19)7-18-9-16-17-10-18/h3,5,8-11,13-14H,1-2,4,6-7H2/t11-,13-,14-/m1/s1. The van der Waals surface area contributed by atoms with Crippen molar-refractivity contribution in [3.63, 3.8) is 0 Å². The summed E-state index contributed by atoms with van der Waals surface area (Å²) in [5.74, 6) is 0.429. The van der Waals surface area contributed by atoms with Crippen LogP contribution in [0.5, 0.6) is 0 Å². The lowest BCUT2D eigenvalue weighted by atomic mass is 10.0. The number of nitrogens with zero attached hydrogens (tertiary/aromatic N) is 4. The van der Waals surface area contributed by atoms with Gasteiger partial charge in [-0.1, -0.05) is 0 Å². The van der Waals surface area contributed by atoms with Gasteiger partial charge in [0, 0.05) is 19.0 Å². The average Bonchev–Trinajstić information content (AvgIpc) is 3.29. The molecule has 7 nitrogen and oxygen atoms in total. The minimum absolute atomic E-state index is 0.0389. The molecule has 2 aromatic rings. The fraction of sp³-hybridized carbons (Fsp3) is 0.533. The van der Waals surface area contributed by atoms with Crippen molar-refractivity contribution >= 4 is 5.91 Å². The fourth-order valence-electron chi connectivity index (χ4n) is 3.65. The van der Waals surface area contributed by atoms with E-state index < -0.39 is 0 Å². The van der Waals surface area contributed by atoms with Crippen molar-refractivity contribution in [1.82, 2.24) is 19.7 Å². The van der Waals surface area contributed by atoms with Gasteiger partial charge in [0.05, 0.1) is 30.6 Å². The van der Waals surface area contributed by atoms with Gasteiger partial charge in [-0.3, -0.25) is 4.79 Å². The van der Waals surface area contributed by atoms with Gasteiger partial charge in [0.1, 0.15) is 18.9 Å². The zero-order valence-electron chi connectivity index (χ0n) is 12.2. The summed E-state index contributed by atoms with van der Waals surface area (Å²) >= 11 is 0. The summed E-state index contributed by atoms with van der Waals surface area (Å²) in [5.41, 5.74) is 0.614. The predicted octanol–water partition coefficient (Wildman–Crippen LogP) is 1.19. The molecule has 1 amide bonds. The monoisotopic (exact) mass is 302 g/mol. The van der Waals surface area contributed by atoms with Crippen LogP contribution in [-0.4, -0.2) is 50.9 Å². The van der Waals surface area contributed by atoms with Crippen LogP contribution >= 0.6 is 0 Å². The Balaban J connectivity index is 1.50. The van der Waals surface area contributed by atoms with Gasteiger partial charge in [-0.2, -0.15) is 0 Å². The number of fused-ring (bicyclic) bond motifs is 1. The molecule has 22 heavy (non-hydrogen) atoms. The van der Waals surface area contributed by atoms with Crippen LogP contribution in [0, 0.1) is 5.92 Å². The first-order valence-corrected chi connectivity index (χ1v) is 7.60. The molecule has 1 aliphatic carbocycles. The molecular weight excluding hydrogens is 284 g/mol. The number of ether oxygens (including phenoxy) is 1. The van der Waals surface area contributed by atoms with Crippen molar-refractivity contribution in [2.24, 2.45) is 5.92 Å². The van der Waals surface area contributed by atoms with Crippen molar-refractivity contribution in [2.75, 3.05) is 13.2 Å². The highest BCUT2D eigenvalue weighted by Crippen LogP contribution is 2.36. The number of hydrogen-bond donors (Lipinski definition) is 0. The van der Waals surface area contributed by atoms with E-state index in [1.54, 1.807) is 18.7 Å². The molecule has 1 aliphatic heterocycles. The minimum atomic E-state index is 0.0389. The molecular formula is C15H18N4O3. The maximum Gasteiger partial charge on any atom is 0.257 e. The summed E-state index contributed by atoms with van der Waals surface area (Å²) < 4.78 is 13.0. The molecule has 0 N–H and O–H groups in total. The zero-order valence-corrected chi connectivity index (χ0v) is 12.2. The third kappa shape index (κ3) is 2.31. The van der Waals surface area contributed by atoms with Crippen LogP contribution in [0.1, 0.15) is 23.2 Å². The number of carbonyl (C=O) groups is 1. The van der Waals surface area contributed by atoms with Crippen LogP contribution in [0.25, 0.3) is 0 Å². The molecule has 1 saturated heterocycles. The lowest BCUT2D eigenvalue weighted by Crippen LogP contribution is -2.52. The van der Waals surface area contributed by atoms with Crippen LogP contribution in [0.2, 0.25) is 0 Å². The van der Waals surface area contributed by atoms with Gasteiger partial charge in [-0.05, 0) is 18.9 Å². The summed E-state index contributed by atoms with van der Waals surface area (Å²) in [6.45, 7) is 2.07. The van der Waals surface area contributed by atoms with Crippen LogP contribution in [0.15, 0.2) is 35.7 Å². The van der Waals surface area contributed by atoms with Crippen molar-refractivity contribution in [3.8, 4) is 0 Å². The summed E-state index contributed by atoms with van der Waals surface area (Å²) in [7, 11) is 0. The number of amides is 1. The molecule has 3 heterocycles. The highest BCUT2D eigenvalue weighted by molar-refractivity contribution is 5.94. The largest absolute Gasteiger partial charge is 0.472 e. The smallest absolute Gasteiger partial charge is 0.257 e. The first-order chi connectivity index (χ1) is 10.8. The van der Waals surface area contributed by atoms with Gasteiger partial charge in [-0.25, -0.2) is 0 Å². The molecule has 2 aliphatic rings. The van der Waals surface area contributed by atoms with Gasteiger partial charge in [0.2, 0.25) is 0 Å². The molecule has 7 heteroatoms. The van der Waals surface area contributed by atoms with Gasteiger partial charge in [0.25, 0.3) is 5.91 Å². The molecule has 2 aromatic heterocycles. The molecule has 0 unspecified atom stereocenters. The van der Waals surface area contributed by atoms with Crippen LogP contribution < -0.4 is 0 Å². The third-order valence-electron chi connectivity index (χ3n) is 4.66. The van der Waals surface area contributed by atoms with E-state index in [0.717, 1.165) is 19.4 Å². The van der Waals surface area contributed by atoms with Crippen molar-refractivity contribution in [2.45, 2.75) is 31.5 Å². The fourth-order valence-corrected chi connectivity index (χ4v) is 3.65.